The van der Waals surface area contributed by atoms with Crippen molar-refractivity contribution in [3.63, 3.8) is 0 Å². The average Bonchev–Trinajstić information content (AvgIpc) is 3.13. The highest BCUT2D eigenvalue weighted by Crippen LogP contribution is 2.22. The van der Waals surface area contributed by atoms with E-state index in [4.69, 9.17) is 14.3 Å². The maximum absolute atomic E-state index is 10.7. The number of aryl methyl sites for hydroxylation is 1. The Balaban J connectivity index is 1.73. The van der Waals surface area contributed by atoms with E-state index in [-0.39, 0.29) is 18.2 Å². The van der Waals surface area contributed by atoms with Crippen molar-refractivity contribution in [3.05, 3.63) is 53.6 Å². The molecule has 7 nitrogen and oxygen atoms in total. The van der Waals surface area contributed by atoms with E-state index in [1.165, 1.54) is 6.07 Å². The molecule has 22 heavy (non-hydrogen) atoms. The maximum atomic E-state index is 10.7. The monoisotopic (exact) mass is 300 g/mol. The van der Waals surface area contributed by atoms with Crippen LogP contribution in [0, 0.1) is 6.92 Å². The summed E-state index contributed by atoms with van der Waals surface area (Å²) in [5, 5.41) is 12.3. The summed E-state index contributed by atoms with van der Waals surface area (Å²) in [6.07, 6.45) is 0. The van der Waals surface area contributed by atoms with Crippen LogP contribution in [0.1, 0.15) is 22.0 Å². The van der Waals surface area contributed by atoms with Crippen molar-refractivity contribution in [2.45, 2.75) is 13.5 Å². The second kappa shape index (κ2) is 5.72. The number of hydrogen-bond donors (Lipinski definition) is 1. The number of ether oxygens (including phenoxy) is 1. The third-order valence-electron chi connectivity index (χ3n) is 2.97. The molecular weight excluding hydrogens is 288 g/mol. The highest BCUT2D eigenvalue weighted by atomic mass is 16.5. The number of carboxylic acid groups (broad SMARTS) is 1. The van der Waals surface area contributed by atoms with Crippen molar-refractivity contribution in [1.82, 2.24) is 10.1 Å². The van der Waals surface area contributed by atoms with E-state index in [0.717, 1.165) is 5.56 Å². The van der Waals surface area contributed by atoms with Gasteiger partial charge in [0.05, 0.1) is 6.07 Å². The van der Waals surface area contributed by atoms with Crippen LogP contribution in [0.4, 0.5) is 0 Å². The lowest BCUT2D eigenvalue weighted by Crippen LogP contribution is -1.98. The highest BCUT2D eigenvalue weighted by molar-refractivity contribution is 5.84. The standard InChI is InChI=1S/C15H12N2O5/c1-9-11(8-20-13-7-12(15(18)19)22-17-13)16-14(21-9)10-5-3-2-4-6-10/h2-7H,8H2,1H3,(H,18,19). The molecule has 2 heterocycles. The van der Waals surface area contributed by atoms with Crippen LogP contribution in [0.3, 0.4) is 0 Å². The molecule has 0 unspecified atom stereocenters. The fourth-order valence-electron chi connectivity index (χ4n) is 1.84. The predicted molar refractivity (Wildman–Crippen MR) is 74.5 cm³/mol. The number of aromatic carboxylic acids is 1. The summed E-state index contributed by atoms with van der Waals surface area (Å²) in [6.45, 7) is 1.89. The van der Waals surface area contributed by atoms with Crippen LogP contribution < -0.4 is 4.74 Å². The molecule has 1 N–H and O–H groups in total. The molecule has 7 heteroatoms. The smallest absolute Gasteiger partial charge is 0.374 e. The van der Waals surface area contributed by atoms with Gasteiger partial charge in [-0.2, -0.15) is 0 Å². The van der Waals surface area contributed by atoms with Gasteiger partial charge >= 0.3 is 5.97 Å². The van der Waals surface area contributed by atoms with Crippen molar-refractivity contribution < 1.29 is 23.6 Å². The summed E-state index contributed by atoms with van der Waals surface area (Å²) in [5.41, 5.74) is 1.48. The van der Waals surface area contributed by atoms with Gasteiger partial charge in [0.15, 0.2) is 0 Å². The summed E-state index contributed by atoms with van der Waals surface area (Å²) < 4.78 is 15.6. The van der Waals surface area contributed by atoms with Crippen molar-refractivity contribution >= 4 is 5.97 Å². The number of rotatable bonds is 5. The quantitative estimate of drug-likeness (QED) is 0.773. The Bertz CT molecular complexity index is 791. The molecule has 0 saturated heterocycles. The molecule has 2 aromatic heterocycles. The fourth-order valence-corrected chi connectivity index (χ4v) is 1.84. The number of carbonyl (C=O) groups is 1. The molecule has 0 atom stereocenters. The van der Waals surface area contributed by atoms with Crippen molar-refractivity contribution in [1.29, 1.82) is 0 Å². The molecule has 0 aliphatic heterocycles. The molecule has 0 radical (unpaired) electrons. The first-order valence-electron chi connectivity index (χ1n) is 6.48. The maximum Gasteiger partial charge on any atom is 0.374 e. The minimum absolute atomic E-state index is 0.0843. The van der Waals surface area contributed by atoms with E-state index in [9.17, 15) is 4.79 Å². The number of benzene rings is 1. The lowest BCUT2D eigenvalue weighted by Gasteiger charge is -1.98. The number of carboxylic acids is 1. The van der Waals surface area contributed by atoms with Gasteiger partial charge in [0, 0.05) is 5.56 Å². The Labute approximate surface area is 125 Å². The summed E-state index contributed by atoms with van der Waals surface area (Å²) in [5.74, 6) is -0.270. The molecular formula is C15H12N2O5. The van der Waals surface area contributed by atoms with Crippen LogP contribution in [-0.2, 0) is 6.61 Å². The van der Waals surface area contributed by atoms with Gasteiger partial charge in [-0.15, -0.1) is 0 Å². The van der Waals surface area contributed by atoms with Gasteiger partial charge < -0.3 is 18.8 Å². The summed E-state index contributed by atoms with van der Waals surface area (Å²) in [4.78, 5) is 15.1. The molecule has 3 aromatic rings. The lowest BCUT2D eigenvalue weighted by molar-refractivity contribution is 0.0651. The van der Waals surface area contributed by atoms with Crippen molar-refractivity contribution in [2.24, 2.45) is 0 Å². The normalized spacial score (nSPS) is 10.6. The van der Waals surface area contributed by atoms with Gasteiger partial charge in [0.2, 0.25) is 11.7 Å². The van der Waals surface area contributed by atoms with Gasteiger partial charge in [0.25, 0.3) is 5.88 Å². The van der Waals surface area contributed by atoms with Crippen molar-refractivity contribution in [2.75, 3.05) is 0 Å². The zero-order valence-electron chi connectivity index (χ0n) is 11.6. The zero-order valence-corrected chi connectivity index (χ0v) is 11.6. The second-order valence-electron chi connectivity index (χ2n) is 4.51. The number of aromatic nitrogens is 2. The molecule has 112 valence electrons. The van der Waals surface area contributed by atoms with Crippen LogP contribution in [0.25, 0.3) is 11.5 Å². The van der Waals surface area contributed by atoms with Crippen LogP contribution in [0.15, 0.2) is 45.3 Å². The van der Waals surface area contributed by atoms with Crippen LogP contribution >= 0.6 is 0 Å². The van der Waals surface area contributed by atoms with Gasteiger partial charge in [-0.1, -0.05) is 18.2 Å². The number of oxazole rings is 1. The van der Waals surface area contributed by atoms with Crippen LogP contribution in [0.5, 0.6) is 5.88 Å². The molecule has 0 aliphatic carbocycles. The van der Waals surface area contributed by atoms with Gasteiger partial charge in [-0.25, -0.2) is 9.78 Å². The van der Waals surface area contributed by atoms with E-state index in [1.54, 1.807) is 6.92 Å². The predicted octanol–water partition coefficient (Wildman–Crippen LogP) is 2.92. The Hall–Kier alpha value is -3.09. The van der Waals surface area contributed by atoms with Crippen LogP contribution in [-0.4, -0.2) is 21.2 Å². The lowest BCUT2D eigenvalue weighted by atomic mass is 10.2. The molecule has 3 rings (SSSR count). The van der Waals surface area contributed by atoms with Crippen molar-refractivity contribution in [3.8, 4) is 17.3 Å². The SMILES string of the molecule is Cc1oc(-c2ccccc2)nc1COc1cc(C(=O)O)on1. The number of hydrogen-bond acceptors (Lipinski definition) is 6. The zero-order chi connectivity index (χ0) is 15.5. The Morgan fingerprint density at radius 1 is 1.32 bits per heavy atom. The largest absolute Gasteiger partial charge is 0.475 e. The summed E-state index contributed by atoms with van der Waals surface area (Å²) in [6, 6.07) is 10.7. The highest BCUT2D eigenvalue weighted by Gasteiger charge is 2.15. The topological polar surface area (TPSA) is 98.6 Å². The summed E-state index contributed by atoms with van der Waals surface area (Å²) in [7, 11) is 0. The molecule has 0 aliphatic rings. The summed E-state index contributed by atoms with van der Waals surface area (Å²) >= 11 is 0. The number of nitrogens with zero attached hydrogens (tertiary/aromatic N) is 2. The van der Waals surface area contributed by atoms with E-state index in [2.05, 4.69) is 14.7 Å². The third kappa shape index (κ3) is 2.83. The minimum atomic E-state index is -1.20. The Morgan fingerprint density at radius 3 is 2.77 bits per heavy atom. The first kappa shape index (κ1) is 13.9. The fraction of sp³-hybridized carbons (Fsp3) is 0.133. The third-order valence-corrected chi connectivity index (χ3v) is 2.97. The van der Waals surface area contributed by atoms with E-state index < -0.39 is 5.97 Å². The molecule has 0 spiro atoms. The van der Waals surface area contributed by atoms with Gasteiger partial charge in [0.1, 0.15) is 18.1 Å². The molecule has 0 saturated carbocycles. The molecule has 1 aromatic carbocycles. The Kier molecular flexibility index (Phi) is 3.61. The second-order valence-corrected chi connectivity index (χ2v) is 4.51. The average molecular weight is 300 g/mol. The van der Waals surface area contributed by atoms with Gasteiger partial charge in [-0.05, 0) is 24.2 Å². The first-order valence-corrected chi connectivity index (χ1v) is 6.48. The Morgan fingerprint density at radius 2 is 2.09 bits per heavy atom. The van der Waals surface area contributed by atoms with Crippen LogP contribution in [0.2, 0.25) is 0 Å². The first-order chi connectivity index (χ1) is 10.6. The molecule has 0 bridgehead atoms. The molecule has 0 fully saturated rings. The van der Waals surface area contributed by atoms with E-state index in [1.807, 2.05) is 30.3 Å². The molecule has 0 amide bonds. The van der Waals surface area contributed by atoms with E-state index in [0.29, 0.717) is 17.3 Å². The van der Waals surface area contributed by atoms with Gasteiger partial charge in [-0.3, -0.25) is 0 Å². The minimum Gasteiger partial charge on any atom is -0.475 e. The van der Waals surface area contributed by atoms with E-state index >= 15 is 0 Å².